The molecule has 0 bridgehead atoms. The number of oxazole rings is 1. The zero-order valence-corrected chi connectivity index (χ0v) is 17.0. The maximum Gasteiger partial charge on any atom is 0.270 e. The van der Waals surface area contributed by atoms with E-state index in [-0.39, 0.29) is 16.4 Å². The lowest BCUT2D eigenvalue weighted by atomic mass is 10.1. The summed E-state index contributed by atoms with van der Waals surface area (Å²) in [7, 11) is 0. The van der Waals surface area contributed by atoms with Gasteiger partial charge in [0.2, 0.25) is 5.89 Å². The Kier molecular flexibility index (Phi) is 5.37. The maximum absolute atomic E-state index is 12.3. The van der Waals surface area contributed by atoms with E-state index in [0.717, 1.165) is 11.1 Å². The molecule has 0 aliphatic carbocycles. The Morgan fingerprint density at radius 3 is 2.74 bits per heavy atom. The number of rotatable bonds is 4. The molecule has 4 rings (SSSR count). The Hall–Kier alpha value is -4.18. The van der Waals surface area contributed by atoms with Crippen molar-refractivity contribution in [3.8, 4) is 11.5 Å². The first kappa shape index (κ1) is 20.1. The number of aryl methyl sites for hydroxylation is 1. The first-order chi connectivity index (χ1) is 14.9. The molecule has 0 spiro atoms. The molecule has 31 heavy (non-hydrogen) atoms. The Morgan fingerprint density at radius 2 is 2.00 bits per heavy atom. The predicted octanol–water partition coefficient (Wildman–Crippen LogP) is 4.23. The highest BCUT2D eigenvalue weighted by molar-refractivity contribution is 7.80. The fourth-order valence-corrected chi connectivity index (χ4v) is 3.12. The van der Waals surface area contributed by atoms with Crippen LogP contribution in [0.3, 0.4) is 0 Å². The molecule has 9 nitrogen and oxygen atoms in total. The van der Waals surface area contributed by atoms with Gasteiger partial charge in [-0.1, -0.05) is 6.07 Å². The number of carbonyl (C=O) groups excluding carboxylic acids is 1. The molecular weight excluding hydrogens is 418 g/mol. The van der Waals surface area contributed by atoms with Crippen molar-refractivity contribution in [3.63, 3.8) is 0 Å². The number of thiocarbonyl (C=S) groups is 1. The fraction of sp³-hybridized carbons (Fsp3) is 0.0476. The van der Waals surface area contributed by atoms with Gasteiger partial charge in [0.1, 0.15) is 0 Å². The van der Waals surface area contributed by atoms with Gasteiger partial charge in [-0.15, -0.1) is 0 Å². The molecule has 10 heteroatoms. The summed E-state index contributed by atoms with van der Waals surface area (Å²) in [6, 6.07) is 14.5. The molecular formula is C21H15N5O4S. The summed E-state index contributed by atoms with van der Waals surface area (Å²) in [6.45, 7) is 1.87. The molecule has 0 atom stereocenters. The quantitative estimate of drug-likeness (QED) is 0.278. The number of hydrogen-bond donors (Lipinski definition) is 2. The standard InChI is InChI=1S/C21H15N5O4S/c1-12-10-14(20-24-18-17(30-20)6-3-9-22-18)7-8-16(12)23-21(31)25-19(27)13-4-2-5-15(11-13)26(28)29/h2-11H,1H3,(H2,23,25,27,31). The van der Waals surface area contributed by atoms with E-state index in [0.29, 0.717) is 22.8 Å². The average Bonchev–Trinajstić information content (AvgIpc) is 3.19. The number of non-ortho nitro benzene ring substituents is 1. The topological polar surface area (TPSA) is 123 Å². The molecule has 0 aliphatic rings. The number of nitro groups is 1. The lowest BCUT2D eigenvalue weighted by Crippen LogP contribution is -2.34. The number of nitro benzene ring substituents is 1. The van der Waals surface area contributed by atoms with Crippen molar-refractivity contribution in [2.75, 3.05) is 5.32 Å². The SMILES string of the molecule is Cc1cc(-c2nc3ncccc3o2)ccc1NC(=S)NC(=O)c1cccc([N+](=O)[O-])c1. The molecule has 2 aromatic carbocycles. The van der Waals surface area contributed by atoms with Crippen LogP contribution in [0.1, 0.15) is 15.9 Å². The van der Waals surface area contributed by atoms with Gasteiger partial charge in [0, 0.05) is 35.1 Å². The predicted molar refractivity (Wildman–Crippen MR) is 119 cm³/mol. The number of carbonyl (C=O) groups is 1. The number of nitrogens with one attached hydrogen (secondary N) is 2. The van der Waals surface area contributed by atoms with Gasteiger partial charge in [0.05, 0.1) is 4.92 Å². The second-order valence-corrected chi connectivity index (χ2v) is 7.00. The highest BCUT2D eigenvalue weighted by Gasteiger charge is 2.14. The van der Waals surface area contributed by atoms with E-state index in [1.54, 1.807) is 24.4 Å². The van der Waals surface area contributed by atoms with E-state index in [1.807, 2.05) is 19.1 Å². The third kappa shape index (κ3) is 4.38. The van der Waals surface area contributed by atoms with Gasteiger partial charge in [-0.25, -0.2) is 4.98 Å². The van der Waals surface area contributed by atoms with Crippen LogP contribution in [0, 0.1) is 17.0 Å². The average molecular weight is 433 g/mol. The fourth-order valence-electron chi connectivity index (χ4n) is 2.92. The number of nitrogens with zero attached hydrogens (tertiary/aromatic N) is 3. The zero-order valence-electron chi connectivity index (χ0n) is 16.2. The molecule has 0 saturated heterocycles. The Morgan fingerprint density at radius 1 is 1.16 bits per heavy atom. The Labute approximate surface area is 181 Å². The van der Waals surface area contributed by atoms with Gasteiger partial charge in [0.15, 0.2) is 16.3 Å². The van der Waals surface area contributed by atoms with E-state index in [4.69, 9.17) is 16.6 Å². The first-order valence-corrected chi connectivity index (χ1v) is 9.51. The second kappa shape index (κ2) is 8.28. The van der Waals surface area contributed by atoms with Gasteiger partial charge >= 0.3 is 0 Å². The van der Waals surface area contributed by atoms with Crippen LogP contribution in [0.5, 0.6) is 0 Å². The molecule has 0 saturated carbocycles. The number of fused-ring (bicyclic) bond motifs is 1. The van der Waals surface area contributed by atoms with Crippen LogP contribution in [-0.4, -0.2) is 25.9 Å². The number of anilines is 1. The molecule has 0 fully saturated rings. The number of hydrogen-bond acceptors (Lipinski definition) is 7. The highest BCUT2D eigenvalue weighted by Crippen LogP contribution is 2.26. The third-order valence-corrected chi connectivity index (χ3v) is 4.64. The van der Waals surface area contributed by atoms with Gasteiger partial charge < -0.3 is 9.73 Å². The number of pyridine rings is 1. The Bertz CT molecular complexity index is 1300. The zero-order chi connectivity index (χ0) is 22.0. The lowest BCUT2D eigenvalue weighted by Gasteiger charge is -2.12. The molecule has 154 valence electrons. The smallest absolute Gasteiger partial charge is 0.270 e. The van der Waals surface area contributed by atoms with Crippen LogP contribution in [0.25, 0.3) is 22.7 Å². The molecule has 0 aliphatic heterocycles. The summed E-state index contributed by atoms with van der Waals surface area (Å²) in [5.74, 6) is -0.0978. The van der Waals surface area contributed by atoms with Crippen molar-refractivity contribution >= 4 is 45.8 Å². The molecule has 0 unspecified atom stereocenters. The summed E-state index contributed by atoms with van der Waals surface area (Å²) in [5, 5.41) is 16.4. The summed E-state index contributed by atoms with van der Waals surface area (Å²) < 4.78 is 5.73. The molecule has 2 aromatic heterocycles. The van der Waals surface area contributed by atoms with Crippen molar-refractivity contribution < 1.29 is 14.1 Å². The van der Waals surface area contributed by atoms with Crippen LogP contribution >= 0.6 is 12.2 Å². The van der Waals surface area contributed by atoms with E-state index in [1.165, 1.54) is 24.3 Å². The molecule has 2 heterocycles. The van der Waals surface area contributed by atoms with Crippen LogP contribution < -0.4 is 10.6 Å². The van der Waals surface area contributed by atoms with Crippen LogP contribution in [0.4, 0.5) is 11.4 Å². The lowest BCUT2D eigenvalue weighted by molar-refractivity contribution is -0.384. The van der Waals surface area contributed by atoms with Gasteiger partial charge in [0.25, 0.3) is 11.6 Å². The van der Waals surface area contributed by atoms with Crippen LogP contribution in [0.15, 0.2) is 65.2 Å². The third-order valence-electron chi connectivity index (χ3n) is 4.43. The first-order valence-electron chi connectivity index (χ1n) is 9.10. The van der Waals surface area contributed by atoms with Gasteiger partial charge in [-0.05, 0) is 61.1 Å². The summed E-state index contributed by atoms with van der Waals surface area (Å²) in [6.07, 6.45) is 1.65. The summed E-state index contributed by atoms with van der Waals surface area (Å²) >= 11 is 5.21. The van der Waals surface area contributed by atoms with E-state index >= 15 is 0 Å². The number of aromatic nitrogens is 2. The minimum atomic E-state index is -0.564. The minimum absolute atomic E-state index is 0.0680. The number of amides is 1. The second-order valence-electron chi connectivity index (χ2n) is 6.59. The van der Waals surface area contributed by atoms with Crippen LogP contribution in [-0.2, 0) is 0 Å². The Balaban J connectivity index is 1.46. The monoisotopic (exact) mass is 433 g/mol. The summed E-state index contributed by atoms with van der Waals surface area (Å²) in [5.41, 5.74) is 3.39. The molecule has 2 N–H and O–H groups in total. The molecule has 0 radical (unpaired) electrons. The molecule has 1 amide bonds. The van der Waals surface area contributed by atoms with Gasteiger partial charge in [-0.2, -0.15) is 4.98 Å². The number of benzene rings is 2. The maximum atomic E-state index is 12.3. The van der Waals surface area contributed by atoms with Crippen molar-refractivity contribution in [1.29, 1.82) is 0 Å². The van der Waals surface area contributed by atoms with Crippen molar-refractivity contribution in [1.82, 2.24) is 15.3 Å². The highest BCUT2D eigenvalue weighted by atomic mass is 32.1. The van der Waals surface area contributed by atoms with Crippen molar-refractivity contribution in [2.45, 2.75) is 6.92 Å². The van der Waals surface area contributed by atoms with Gasteiger partial charge in [-0.3, -0.25) is 20.2 Å². The van der Waals surface area contributed by atoms with Crippen molar-refractivity contribution in [3.05, 3.63) is 82.0 Å². The normalized spacial score (nSPS) is 10.6. The van der Waals surface area contributed by atoms with Crippen molar-refractivity contribution in [2.24, 2.45) is 0 Å². The van der Waals surface area contributed by atoms with E-state index in [2.05, 4.69) is 20.6 Å². The largest absolute Gasteiger partial charge is 0.434 e. The van der Waals surface area contributed by atoms with E-state index < -0.39 is 10.8 Å². The van der Waals surface area contributed by atoms with E-state index in [9.17, 15) is 14.9 Å². The van der Waals surface area contributed by atoms with Crippen LogP contribution in [0.2, 0.25) is 0 Å². The molecule has 4 aromatic rings. The summed E-state index contributed by atoms with van der Waals surface area (Å²) in [4.78, 5) is 31.2. The minimum Gasteiger partial charge on any atom is -0.434 e.